The number of rotatable bonds is 7. The van der Waals surface area contributed by atoms with Crippen LogP contribution in [0.5, 0.6) is 0 Å². The number of hydrogen-bond donors (Lipinski definition) is 1. The number of amides is 1. The first-order valence-corrected chi connectivity index (χ1v) is 11.1. The molecule has 0 spiro atoms. The summed E-state index contributed by atoms with van der Waals surface area (Å²) in [5.74, 6) is 0.248. The zero-order valence-corrected chi connectivity index (χ0v) is 19.0. The molecular weight excluding hydrogens is 446 g/mol. The normalized spacial score (nSPS) is 11.1. The summed E-state index contributed by atoms with van der Waals surface area (Å²) in [4.78, 5) is 35.8. The maximum absolute atomic E-state index is 12.6. The molecule has 4 aromatic rings. The van der Waals surface area contributed by atoms with Gasteiger partial charge in [0.25, 0.3) is 5.69 Å². The molecule has 12 heteroatoms. The van der Waals surface area contributed by atoms with Gasteiger partial charge in [0.05, 0.1) is 21.7 Å². The third kappa shape index (κ3) is 4.12. The molecule has 1 N–H and O–H groups in total. The van der Waals surface area contributed by atoms with Crippen molar-refractivity contribution in [3.05, 3.63) is 63.1 Å². The second-order valence-electron chi connectivity index (χ2n) is 7.27. The van der Waals surface area contributed by atoms with Crippen molar-refractivity contribution < 1.29 is 9.72 Å². The van der Waals surface area contributed by atoms with E-state index < -0.39 is 10.8 Å². The van der Waals surface area contributed by atoms with E-state index in [9.17, 15) is 19.7 Å². The molecule has 4 rings (SSSR count). The van der Waals surface area contributed by atoms with Gasteiger partial charge in [0.1, 0.15) is 5.69 Å². The molecule has 2 aromatic heterocycles. The lowest BCUT2D eigenvalue weighted by Crippen LogP contribution is -2.19. The van der Waals surface area contributed by atoms with Gasteiger partial charge in [-0.3, -0.25) is 24.0 Å². The summed E-state index contributed by atoms with van der Waals surface area (Å²) < 4.78 is 4.60. The van der Waals surface area contributed by atoms with Crippen LogP contribution in [-0.4, -0.2) is 40.5 Å². The van der Waals surface area contributed by atoms with Gasteiger partial charge in [-0.15, -0.1) is 10.2 Å². The van der Waals surface area contributed by atoms with Crippen LogP contribution in [0.2, 0.25) is 0 Å². The number of aromatic nitrogens is 5. The zero-order valence-electron chi connectivity index (χ0n) is 18.2. The second kappa shape index (κ2) is 8.90. The number of carbonyl (C=O) groups excluding carboxylic acids is 1. The van der Waals surface area contributed by atoms with Crippen LogP contribution in [0.25, 0.3) is 22.4 Å². The van der Waals surface area contributed by atoms with E-state index >= 15 is 0 Å². The number of nitro benzene ring substituents is 1. The van der Waals surface area contributed by atoms with Crippen LogP contribution in [0.4, 0.5) is 11.4 Å². The first kappa shape index (κ1) is 22.3. The SMILES string of the molecule is CCn1c(SCC(=O)Nc2cc3c(cc2[N+](=O)[O-])n(C)c(=O)n3C)nnc1-c1ccccc1. The monoisotopic (exact) mass is 467 g/mol. The summed E-state index contributed by atoms with van der Waals surface area (Å²) in [6, 6.07) is 12.3. The average Bonchev–Trinajstić information content (AvgIpc) is 3.32. The summed E-state index contributed by atoms with van der Waals surface area (Å²) in [5, 5.41) is 23.2. The van der Waals surface area contributed by atoms with E-state index in [1.165, 1.54) is 40.1 Å². The summed E-state index contributed by atoms with van der Waals surface area (Å²) in [6.07, 6.45) is 0. The van der Waals surface area contributed by atoms with Crippen LogP contribution in [0.3, 0.4) is 0 Å². The number of carbonyl (C=O) groups is 1. The molecule has 0 radical (unpaired) electrons. The highest BCUT2D eigenvalue weighted by molar-refractivity contribution is 7.99. The van der Waals surface area contributed by atoms with E-state index in [1.807, 2.05) is 41.8 Å². The number of nitrogens with one attached hydrogen (secondary N) is 1. The summed E-state index contributed by atoms with van der Waals surface area (Å²) in [5.41, 5.74) is 1.23. The summed E-state index contributed by atoms with van der Waals surface area (Å²) in [6.45, 7) is 2.58. The van der Waals surface area contributed by atoms with Gasteiger partial charge in [0.15, 0.2) is 11.0 Å². The van der Waals surface area contributed by atoms with E-state index in [4.69, 9.17) is 0 Å². The molecule has 0 saturated heterocycles. The summed E-state index contributed by atoms with van der Waals surface area (Å²) >= 11 is 1.19. The van der Waals surface area contributed by atoms with Gasteiger partial charge in [0.2, 0.25) is 5.91 Å². The topological polar surface area (TPSA) is 130 Å². The van der Waals surface area contributed by atoms with E-state index in [1.54, 1.807) is 7.05 Å². The molecule has 2 heterocycles. The lowest BCUT2D eigenvalue weighted by atomic mass is 10.2. The number of thioether (sulfide) groups is 1. The Morgan fingerprint density at radius 3 is 2.42 bits per heavy atom. The van der Waals surface area contributed by atoms with Crippen molar-refractivity contribution in [3.8, 4) is 11.4 Å². The third-order valence-corrected chi connectivity index (χ3v) is 6.22. The van der Waals surface area contributed by atoms with Gasteiger partial charge >= 0.3 is 5.69 Å². The van der Waals surface area contributed by atoms with Gasteiger partial charge in [-0.1, -0.05) is 42.1 Å². The Balaban J connectivity index is 1.56. The van der Waals surface area contributed by atoms with Crippen molar-refractivity contribution in [2.24, 2.45) is 14.1 Å². The lowest BCUT2D eigenvalue weighted by Gasteiger charge is -2.09. The first-order chi connectivity index (χ1) is 15.8. The van der Waals surface area contributed by atoms with Gasteiger partial charge in [-0.25, -0.2) is 4.79 Å². The molecule has 0 aliphatic carbocycles. The Morgan fingerprint density at radius 1 is 1.12 bits per heavy atom. The maximum Gasteiger partial charge on any atom is 0.328 e. The van der Waals surface area contributed by atoms with Crippen molar-refractivity contribution >= 4 is 40.1 Å². The molecule has 33 heavy (non-hydrogen) atoms. The number of anilines is 1. The first-order valence-electron chi connectivity index (χ1n) is 10.1. The van der Waals surface area contributed by atoms with Gasteiger partial charge < -0.3 is 9.88 Å². The predicted molar refractivity (Wildman–Crippen MR) is 125 cm³/mol. The fourth-order valence-corrected chi connectivity index (χ4v) is 4.39. The van der Waals surface area contributed by atoms with Crippen molar-refractivity contribution in [2.75, 3.05) is 11.1 Å². The number of imidazole rings is 1. The number of aryl methyl sites for hydroxylation is 2. The van der Waals surface area contributed by atoms with Crippen molar-refractivity contribution in [1.82, 2.24) is 23.9 Å². The Labute approximate surface area is 192 Å². The zero-order chi connectivity index (χ0) is 23.7. The molecule has 2 aromatic carbocycles. The lowest BCUT2D eigenvalue weighted by molar-refractivity contribution is -0.383. The molecule has 1 amide bonds. The number of hydrogen-bond acceptors (Lipinski definition) is 7. The van der Waals surface area contributed by atoms with Crippen LogP contribution in [0, 0.1) is 10.1 Å². The maximum atomic E-state index is 12.6. The predicted octanol–water partition coefficient (Wildman–Crippen LogP) is 2.79. The highest BCUT2D eigenvalue weighted by atomic mass is 32.2. The quantitative estimate of drug-likeness (QED) is 0.251. The van der Waals surface area contributed by atoms with E-state index in [2.05, 4.69) is 15.5 Å². The van der Waals surface area contributed by atoms with Crippen LogP contribution in [0.15, 0.2) is 52.4 Å². The molecule has 11 nitrogen and oxygen atoms in total. The van der Waals surface area contributed by atoms with Crippen molar-refractivity contribution in [3.63, 3.8) is 0 Å². The van der Waals surface area contributed by atoms with Crippen molar-refractivity contribution in [2.45, 2.75) is 18.6 Å². The number of nitro groups is 1. The van der Waals surface area contributed by atoms with Crippen LogP contribution in [-0.2, 0) is 25.4 Å². The summed E-state index contributed by atoms with van der Waals surface area (Å²) in [7, 11) is 3.11. The molecule has 0 saturated carbocycles. The Morgan fingerprint density at radius 2 is 1.79 bits per heavy atom. The number of fused-ring (bicyclic) bond motifs is 1. The van der Waals surface area contributed by atoms with E-state index in [0.717, 1.165) is 5.56 Å². The second-order valence-corrected chi connectivity index (χ2v) is 8.21. The van der Waals surface area contributed by atoms with Gasteiger partial charge in [-0.2, -0.15) is 0 Å². The highest BCUT2D eigenvalue weighted by Crippen LogP contribution is 2.30. The van der Waals surface area contributed by atoms with Crippen LogP contribution < -0.4 is 11.0 Å². The van der Waals surface area contributed by atoms with Gasteiger partial charge in [0, 0.05) is 32.3 Å². The standard InChI is InChI=1S/C21H21N7O4S/c1-4-27-19(13-8-6-5-7-9-13)23-24-20(27)33-12-18(29)22-14-10-16-17(11-15(14)28(31)32)26(3)21(30)25(16)2/h5-11H,4,12H2,1-3H3,(H,22,29). The van der Waals surface area contributed by atoms with E-state index in [-0.39, 0.29) is 22.8 Å². The molecule has 170 valence electrons. The van der Waals surface area contributed by atoms with Gasteiger partial charge in [-0.05, 0) is 13.0 Å². The fraction of sp³-hybridized carbons (Fsp3) is 0.238. The number of benzene rings is 2. The average molecular weight is 468 g/mol. The third-order valence-electron chi connectivity index (χ3n) is 5.26. The van der Waals surface area contributed by atoms with Crippen LogP contribution >= 0.6 is 11.8 Å². The minimum atomic E-state index is -0.584. The Bertz CT molecular complexity index is 1420. The fourth-order valence-electron chi connectivity index (χ4n) is 3.58. The smallest absolute Gasteiger partial charge is 0.320 e. The molecule has 0 unspecified atom stereocenters. The number of nitrogens with zero attached hydrogens (tertiary/aromatic N) is 6. The van der Waals surface area contributed by atoms with Crippen LogP contribution in [0.1, 0.15) is 6.92 Å². The highest BCUT2D eigenvalue weighted by Gasteiger charge is 2.22. The molecule has 0 bridgehead atoms. The molecule has 0 fully saturated rings. The van der Waals surface area contributed by atoms with E-state index in [0.29, 0.717) is 28.6 Å². The largest absolute Gasteiger partial charge is 0.328 e. The minimum absolute atomic E-state index is 0.0180. The van der Waals surface area contributed by atoms with Crippen molar-refractivity contribution in [1.29, 1.82) is 0 Å². The molecule has 0 aliphatic rings. The molecule has 0 atom stereocenters. The molecular formula is C21H21N7O4S. The Hall–Kier alpha value is -3.93. The minimum Gasteiger partial charge on any atom is -0.320 e. The molecule has 0 aliphatic heterocycles. The Kier molecular flexibility index (Phi) is 6.01.